The molecule has 2 aromatic carbocycles. The third-order valence-corrected chi connectivity index (χ3v) is 5.75. The van der Waals surface area contributed by atoms with Gasteiger partial charge in [-0.2, -0.15) is 4.98 Å². The second-order valence-electron chi connectivity index (χ2n) is 7.44. The Balaban J connectivity index is 1.47. The Morgan fingerprint density at radius 2 is 2.07 bits per heavy atom. The number of fused-ring (bicyclic) bond motifs is 1. The molecular formula is C21H22N4O3. The topological polar surface area (TPSA) is 94.7 Å². The molecule has 0 radical (unpaired) electrons. The van der Waals surface area contributed by atoms with Crippen molar-refractivity contribution in [1.29, 1.82) is 0 Å². The zero-order valence-electron chi connectivity index (χ0n) is 15.6. The number of benzene rings is 2. The minimum atomic E-state index is -0.195. The number of rotatable bonds is 4. The van der Waals surface area contributed by atoms with Crippen molar-refractivity contribution in [3.05, 3.63) is 47.5 Å². The predicted octanol–water partition coefficient (Wildman–Crippen LogP) is 2.81. The average molecular weight is 378 g/mol. The summed E-state index contributed by atoms with van der Waals surface area (Å²) in [5, 5.41) is 26.6. The molecule has 0 spiro atoms. The molecule has 7 nitrogen and oxygen atoms in total. The predicted molar refractivity (Wildman–Crippen MR) is 105 cm³/mol. The molecule has 1 unspecified atom stereocenters. The normalized spacial score (nSPS) is 19.4. The molecule has 1 fully saturated rings. The van der Waals surface area contributed by atoms with E-state index in [1.807, 2.05) is 12.1 Å². The lowest BCUT2D eigenvalue weighted by Gasteiger charge is -2.40. The van der Waals surface area contributed by atoms with Crippen LogP contribution in [0, 0.1) is 0 Å². The molecule has 0 saturated carbocycles. The fraction of sp³-hybridized carbons (Fsp3) is 0.333. The van der Waals surface area contributed by atoms with Crippen LogP contribution in [0.5, 0.6) is 5.75 Å². The molecule has 3 aromatic rings. The maximum absolute atomic E-state index is 9.83. The Morgan fingerprint density at radius 1 is 1.21 bits per heavy atom. The van der Waals surface area contributed by atoms with E-state index >= 15 is 0 Å². The van der Waals surface area contributed by atoms with Gasteiger partial charge in [-0.1, -0.05) is 23.4 Å². The SMILES string of the molecule is CNc1cc(-c2nc(-c3cccc4c3CCC4N3CC(O)C3)no2)ccc1O. The second-order valence-corrected chi connectivity index (χ2v) is 7.44. The third kappa shape index (κ3) is 2.75. The van der Waals surface area contributed by atoms with E-state index in [1.165, 1.54) is 11.1 Å². The summed E-state index contributed by atoms with van der Waals surface area (Å²) in [7, 11) is 1.75. The monoisotopic (exact) mass is 378 g/mol. The first kappa shape index (κ1) is 17.2. The minimum Gasteiger partial charge on any atom is -0.506 e. The molecule has 2 aliphatic rings. The van der Waals surface area contributed by atoms with Crippen molar-refractivity contribution in [2.75, 3.05) is 25.5 Å². The fourth-order valence-corrected chi connectivity index (χ4v) is 4.28. The Morgan fingerprint density at radius 3 is 2.86 bits per heavy atom. The first-order chi connectivity index (χ1) is 13.6. The van der Waals surface area contributed by atoms with E-state index in [4.69, 9.17) is 4.52 Å². The van der Waals surface area contributed by atoms with E-state index in [2.05, 4.69) is 26.4 Å². The summed E-state index contributed by atoms with van der Waals surface area (Å²) in [6.07, 6.45) is 1.82. The first-order valence-electron chi connectivity index (χ1n) is 9.53. The summed E-state index contributed by atoms with van der Waals surface area (Å²) in [6, 6.07) is 11.8. The van der Waals surface area contributed by atoms with Crippen LogP contribution in [-0.4, -0.2) is 51.5 Å². The lowest BCUT2D eigenvalue weighted by atomic mass is 9.99. The van der Waals surface area contributed by atoms with Crippen molar-refractivity contribution in [1.82, 2.24) is 15.0 Å². The molecule has 28 heavy (non-hydrogen) atoms. The summed E-state index contributed by atoms with van der Waals surface area (Å²) in [4.78, 5) is 6.94. The maximum Gasteiger partial charge on any atom is 0.258 e. The standard InChI is InChI=1S/C21H22N4O3/c1-22-17-9-12(5-8-19(17)27)21-23-20(24-28-21)16-4-2-3-15-14(16)6-7-18(15)25-10-13(26)11-25/h2-5,8-9,13,18,22,26-27H,6-7,10-11H2,1H3. The van der Waals surface area contributed by atoms with Gasteiger partial charge in [0.25, 0.3) is 5.89 Å². The molecule has 1 aliphatic carbocycles. The number of nitrogens with zero attached hydrogens (tertiary/aromatic N) is 3. The number of phenolic OH excluding ortho intramolecular Hbond substituents is 1. The van der Waals surface area contributed by atoms with Crippen molar-refractivity contribution in [2.24, 2.45) is 0 Å². The second kappa shape index (κ2) is 6.61. The number of aromatic nitrogens is 2. The van der Waals surface area contributed by atoms with Gasteiger partial charge in [0, 0.05) is 37.3 Å². The van der Waals surface area contributed by atoms with Gasteiger partial charge in [0.05, 0.1) is 11.8 Å². The van der Waals surface area contributed by atoms with Crippen LogP contribution < -0.4 is 5.32 Å². The number of aromatic hydroxyl groups is 1. The number of hydrogen-bond donors (Lipinski definition) is 3. The van der Waals surface area contributed by atoms with Gasteiger partial charge in [-0.25, -0.2) is 0 Å². The van der Waals surface area contributed by atoms with Gasteiger partial charge >= 0.3 is 0 Å². The van der Waals surface area contributed by atoms with E-state index in [1.54, 1.807) is 25.2 Å². The Kier molecular flexibility index (Phi) is 4.07. The number of β-amino-alcohol motifs (C(OH)–C–C–N with tert-alkyl or cyclic N) is 1. The van der Waals surface area contributed by atoms with Gasteiger partial charge < -0.3 is 20.1 Å². The molecule has 3 N–H and O–H groups in total. The Hall–Kier alpha value is -2.90. The molecule has 1 atom stereocenters. The van der Waals surface area contributed by atoms with Crippen molar-refractivity contribution in [2.45, 2.75) is 25.0 Å². The number of aliphatic hydroxyl groups is 1. The van der Waals surface area contributed by atoms with Crippen LogP contribution in [0.15, 0.2) is 40.9 Å². The molecule has 1 aromatic heterocycles. The van der Waals surface area contributed by atoms with Crippen LogP contribution in [0.1, 0.15) is 23.6 Å². The largest absolute Gasteiger partial charge is 0.506 e. The Labute approximate surface area is 162 Å². The van der Waals surface area contributed by atoms with Crippen LogP contribution in [-0.2, 0) is 6.42 Å². The van der Waals surface area contributed by atoms with Crippen molar-refractivity contribution >= 4 is 5.69 Å². The van der Waals surface area contributed by atoms with E-state index in [0.29, 0.717) is 23.4 Å². The van der Waals surface area contributed by atoms with Gasteiger partial charge in [0.2, 0.25) is 5.82 Å². The molecule has 144 valence electrons. The smallest absolute Gasteiger partial charge is 0.258 e. The van der Waals surface area contributed by atoms with Crippen molar-refractivity contribution in [3.63, 3.8) is 0 Å². The Bertz CT molecular complexity index is 1030. The van der Waals surface area contributed by atoms with Gasteiger partial charge in [0.1, 0.15) is 5.75 Å². The van der Waals surface area contributed by atoms with Gasteiger partial charge in [-0.15, -0.1) is 0 Å². The highest BCUT2D eigenvalue weighted by atomic mass is 16.5. The van der Waals surface area contributed by atoms with Gasteiger partial charge in [0.15, 0.2) is 0 Å². The number of likely N-dealkylation sites (tertiary alicyclic amines) is 1. The number of hydrogen-bond acceptors (Lipinski definition) is 7. The summed E-state index contributed by atoms with van der Waals surface area (Å²) < 4.78 is 5.51. The first-order valence-corrected chi connectivity index (χ1v) is 9.53. The minimum absolute atomic E-state index is 0.175. The average Bonchev–Trinajstić information content (AvgIpc) is 3.33. The molecule has 0 bridgehead atoms. The quantitative estimate of drug-likeness (QED) is 0.601. The van der Waals surface area contributed by atoms with Crippen molar-refractivity contribution in [3.8, 4) is 28.6 Å². The highest BCUT2D eigenvalue weighted by Gasteiger charge is 2.36. The number of aliphatic hydroxyl groups excluding tert-OH is 1. The van der Waals surface area contributed by atoms with E-state index in [0.717, 1.165) is 37.1 Å². The zero-order valence-corrected chi connectivity index (χ0v) is 15.6. The lowest BCUT2D eigenvalue weighted by Crippen LogP contribution is -2.51. The highest BCUT2D eigenvalue weighted by Crippen LogP contribution is 2.42. The van der Waals surface area contributed by atoms with Crippen LogP contribution >= 0.6 is 0 Å². The van der Waals surface area contributed by atoms with Crippen molar-refractivity contribution < 1.29 is 14.7 Å². The molecular weight excluding hydrogens is 356 g/mol. The van der Waals surface area contributed by atoms with Crippen LogP contribution in [0.25, 0.3) is 22.8 Å². The third-order valence-electron chi connectivity index (χ3n) is 5.75. The molecule has 1 aliphatic heterocycles. The van der Waals surface area contributed by atoms with Gasteiger partial charge in [-0.3, -0.25) is 4.90 Å². The summed E-state index contributed by atoms with van der Waals surface area (Å²) in [5.41, 5.74) is 4.93. The molecule has 5 rings (SSSR count). The molecule has 2 heterocycles. The highest BCUT2D eigenvalue weighted by molar-refractivity contribution is 5.69. The fourth-order valence-electron chi connectivity index (χ4n) is 4.28. The van der Waals surface area contributed by atoms with E-state index in [9.17, 15) is 10.2 Å². The number of phenols is 1. The zero-order chi connectivity index (χ0) is 19.3. The molecule has 7 heteroatoms. The number of nitrogens with one attached hydrogen (secondary N) is 1. The summed E-state index contributed by atoms with van der Waals surface area (Å²) in [6.45, 7) is 1.49. The lowest BCUT2D eigenvalue weighted by molar-refractivity contribution is -0.0251. The van der Waals surface area contributed by atoms with Crippen LogP contribution in [0.4, 0.5) is 5.69 Å². The van der Waals surface area contributed by atoms with Crippen LogP contribution in [0.3, 0.4) is 0 Å². The van der Waals surface area contributed by atoms with E-state index in [-0.39, 0.29) is 11.9 Å². The summed E-state index contributed by atoms with van der Waals surface area (Å²) >= 11 is 0. The molecule has 1 saturated heterocycles. The molecule has 0 amide bonds. The summed E-state index contributed by atoms with van der Waals surface area (Å²) in [5.74, 6) is 1.17. The maximum atomic E-state index is 9.83. The van der Waals surface area contributed by atoms with E-state index < -0.39 is 0 Å². The van der Waals surface area contributed by atoms with Gasteiger partial charge in [-0.05, 0) is 42.2 Å². The van der Waals surface area contributed by atoms with Crippen LogP contribution in [0.2, 0.25) is 0 Å². The number of anilines is 1.